The molecular formula is C12H17NO3. The van der Waals surface area contributed by atoms with Crippen LogP contribution in [0.3, 0.4) is 0 Å². The van der Waals surface area contributed by atoms with Gasteiger partial charge in [0.05, 0.1) is 11.5 Å². The van der Waals surface area contributed by atoms with E-state index in [1.54, 1.807) is 19.1 Å². The van der Waals surface area contributed by atoms with E-state index < -0.39 is 0 Å². The van der Waals surface area contributed by atoms with E-state index in [0.717, 1.165) is 19.3 Å². The van der Waals surface area contributed by atoms with Crippen molar-refractivity contribution in [1.82, 2.24) is 0 Å². The molecule has 16 heavy (non-hydrogen) atoms. The van der Waals surface area contributed by atoms with Gasteiger partial charge in [0.15, 0.2) is 0 Å². The van der Waals surface area contributed by atoms with Crippen molar-refractivity contribution in [1.29, 1.82) is 0 Å². The largest absolute Gasteiger partial charge is 0.494 e. The zero-order valence-electron chi connectivity index (χ0n) is 9.73. The predicted octanol–water partition coefficient (Wildman–Crippen LogP) is 3.47. The number of ether oxygens (including phenoxy) is 1. The third kappa shape index (κ3) is 3.53. The Morgan fingerprint density at radius 2 is 2.12 bits per heavy atom. The lowest BCUT2D eigenvalue weighted by Crippen LogP contribution is -1.98. The molecule has 0 heterocycles. The summed E-state index contributed by atoms with van der Waals surface area (Å²) in [7, 11) is 0. The Morgan fingerprint density at radius 3 is 2.69 bits per heavy atom. The van der Waals surface area contributed by atoms with E-state index in [1.807, 2.05) is 0 Å². The quantitative estimate of drug-likeness (QED) is 0.421. The normalized spacial score (nSPS) is 10.1. The SMILES string of the molecule is CCCCCOc1ccc([N+](=O)[O-])c(C)c1. The number of rotatable bonds is 6. The van der Waals surface area contributed by atoms with Crippen LogP contribution in [0.2, 0.25) is 0 Å². The summed E-state index contributed by atoms with van der Waals surface area (Å²) in [6.07, 6.45) is 3.32. The van der Waals surface area contributed by atoms with E-state index in [2.05, 4.69) is 6.92 Å². The van der Waals surface area contributed by atoms with Crippen molar-refractivity contribution in [3.8, 4) is 5.75 Å². The van der Waals surface area contributed by atoms with E-state index in [1.165, 1.54) is 6.07 Å². The molecule has 4 nitrogen and oxygen atoms in total. The van der Waals surface area contributed by atoms with Gasteiger partial charge >= 0.3 is 0 Å². The second-order valence-corrected chi connectivity index (χ2v) is 3.76. The van der Waals surface area contributed by atoms with Gasteiger partial charge in [0, 0.05) is 11.6 Å². The van der Waals surface area contributed by atoms with E-state index in [4.69, 9.17) is 4.74 Å². The van der Waals surface area contributed by atoms with Gasteiger partial charge in [-0.2, -0.15) is 0 Å². The zero-order valence-corrected chi connectivity index (χ0v) is 9.73. The number of hydrogen-bond acceptors (Lipinski definition) is 3. The third-order valence-corrected chi connectivity index (χ3v) is 2.38. The topological polar surface area (TPSA) is 52.4 Å². The Labute approximate surface area is 95.4 Å². The Kier molecular flexibility index (Phi) is 4.76. The minimum absolute atomic E-state index is 0.140. The fraction of sp³-hybridized carbons (Fsp3) is 0.500. The molecule has 1 aromatic carbocycles. The molecule has 0 amide bonds. The van der Waals surface area contributed by atoms with E-state index in [0.29, 0.717) is 17.9 Å². The Morgan fingerprint density at radius 1 is 1.38 bits per heavy atom. The molecule has 4 heteroatoms. The Bertz CT molecular complexity index is 363. The molecule has 88 valence electrons. The van der Waals surface area contributed by atoms with E-state index >= 15 is 0 Å². The molecule has 1 rings (SSSR count). The lowest BCUT2D eigenvalue weighted by Gasteiger charge is -2.06. The van der Waals surface area contributed by atoms with Crippen LogP contribution in [-0.4, -0.2) is 11.5 Å². The summed E-state index contributed by atoms with van der Waals surface area (Å²) in [5, 5.41) is 10.6. The Balaban J connectivity index is 2.56. The summed E-state index contributed by atoms with van der Waals surface area (Å²) >= 11 is 0. The highest BCUT2D eigenvalue weighted by Gasteiger charge is 2.10. The predicted molar refractivity (Wildman–Crippen MR) is 62.9 cm³/mol. The molecule has 0 saturated carbocycles. The monoisotopic (exact) mass is 223 g/mol. The highest BCUT2D eigenvalue weighted by Crippen LogP contribution is 2.23. The number of hydrogen-bond donors (Lipinski definition) is 0. The molecule has 0 atom stereocenters. The maximum atomic E-state index is 10.6. The van der Waals surface area contributed by atoms with Crippen LogP contribution < -0.4 is 4.74 Å². The number of nitro benzene ring substituents is 1. The van der Waals surface area contributed by atoms with E-state index in [9.17, 15) is 10.1 Å². The Hall–Kier alpha value is -1.58. The van der Waals surface area contributed by atoms with Crippen molar-refractivity contribution in [2.45, 2.75) is 33.1 Å². The van der Waals surface area contributed by atoms with Crippen molar-refractivity contribution < 1.29 is 9.66 Å². The van der Waals surface area contributed by atoms with Crippen LogP contribution in [0.15, 0.2) is 18.2 Å². The van der Waals surface area contributed by atoms with Crippen LogP contribution in [0, 0.1) is 17.0 Å². The first-order chi connectivity index (χ1) is 7.65. The lowest BCUT2D eigenvalue weighted by atomic mass is 10.2. The molecule has 1 aromatic rings. The smallest absolute Gasteiger partial charge is 0.272 e. The van der Waals surface area contributed by atoms with Crippen LogP contribution in [-0.2, 0) is 0 Å². The zero-order chi connectivity index (χ0) is 12.0. The average Bonchev–Trinajstić information content (AvgIpc) is 2.24. The molecule has 0 aromatic heterocycles. The molecule has 0 fully saturated rings. The molecule has 0 aliphatic heterocycles. The second-order valence-electron chi connectivity index (χ2n) is 3.76. The molecule has 0 aliphatic rings. The summed E-state index contributed by atoms with van der Waals surface area (Å²) in [6, 6.07) is 4.85. The first kappa shape index (κ1) is 12.5. The third-order valence-electron chi connectivity index (χ3n) is 2.38. The summed E-state index contributed by atoms with van der Waals surface area (Å²) in [5.74, 6) is 0.708. The van der Waals surface area contributed by atoms with Crippen LogP contribution >= 0.6 is 0 Å². The highest BCUT2D eigenvalue weighted by atomic mass is 16.6. The van der Waals surface area contributed by atoms with Crippen LogP contribution in [0.4, 0.5) is 5.69 Å². The van der Waals surface area contributed by atoms with Gasteiger partial charge in [-0.25, -0.2) is 0 Å². The van der Waals surface area contributed by atoms with E-state index in [-0.39, 0.29) is 10.6 Å². The average molecular weight is 223 g/mol. The summed E-state index contributed by atoms with van der Waals surface area (Å²) in [5.41, 5.74) is 0.777. The van der Waals surface area contributed by atoms with Crippen LogP contribution in [0.1, 0.15) is 31.7 Å². The maximum Gasteiger partial charge on any atom is 0.272 e. The minimum Gasteiger partial charge on any atom is -0.494 e. The maximum absolute atomic E-state index is 10.6. The van der Waals surface area contributed by atoms with Gasteiger partial charge < -0.3 is 4.74 Å². The molecule has 0 radical (unpaired) electrons. The standard InChI is InChI=1S/C12H17NO3/c1-3-4-5-8-16-11-6-7-12(13(14)15)10(2)9-11/h6-7,9H,3-5,8H2,1-2H3. The molecule has 0 aliphatic carbocycles. The molecule has 0 bridgehead atoms. The number of aryl methyl sites for hydroxylation is 1. The van der Waals surface area contributed by atoms with Crippen molar-refractivity contribution in [3.63, 3.8) is 0 Å². The summed E-state index contributed by atoms with van der Waals surface area (Å²) in [6.45, 7) is 4.53. The minimum atomic E-state index is -0.379. The van der Waals surface area contributed by atoms with Crippen LogP contribution in [0.25, 0.3) is 0 Å². The molecule has 0 unspecified atom stereocenters. The fourth-order valence-corrected chi connectivity index (χ4v) is 1.46. The van der Waals surface area contributed by atoms with Crippen molar-refractivity contribution in [3.05, 3.63) is 33.9 Å². The molecule has 0 saturated heterocycles. The van der Waals surface area contributed by atoms with Crippen LogP contribution in [0.5, 0.6) is 5.75 Å². The lowest BCUT2D eigenvalue weighted by molar-refractivity contribution is -0.385. The van der Waals surface area contributed by atoms with Gasteiger partial charge in [0.25, 0.3) is 5.69 Å². The van der Waals surface area contributed by atoms with Gasteiger partial charge in [0.1, 0.15) is 5.75 Å². The number of nitrogens with zero attached hydrogens (tertiary/aromatic N) is 1. The number of nitro groups is 1. The molecule has 0 spiro atoms. The van der Waals surface area contributed by atoms with Crippen molar-refractivity contribution >= 4 is 5.69 Å². The first-order valence-corrected chi connectivity index (χ1v) is 5.53. The van der Waals surface area contributed by atoms with Gasteiger partial charge in [0.2, 0.25) is 0 Å². The number of unbranched alkanes of at least 4 members (excludes halogenated alkanes) is 2. The van der Waals surface area contributed by atoms with Gasteiger partial charge in [-0.05, 0) is 25.5 Å². The second kappa shape index (κ2) is 6.10. The molecular weight excluding hydrogens is 206 g/mol. The fourth-order valence-electron chi connectivity index (χ4n) is 1.46. The van der Waals surface area contributed by atoms with Gasteiger partial charge in [-0.15, -0.1) is 0 Å². The van der Waals surface area contributed by atoms with Crippen molar-refractivity contribution in [2.24, 2.45) is 0 Å². The highest BCUT2D eigenvalue weighted by molar-refractivity contribution is 5.44. The summed E-state index contributed by atoms with van der Waals surface area (Å²) in [4.78, 5) is 10.2. The van der Waals surface area contributed by atoms with Gasteiger partial charge in [-0.1, -0.05) is 19.8 Å². The van der Waals surface area contributed by atoms with Crippen molar-refractivity contribution in [2.75, 3.05) is 6.61 Å². The van der Waals surface area contributed by atoms with Gasteiger partial charge in [-0.3, -0.25) is 10.1 Å². The molecule has 0 N–H and O–H groups in total. The number of benzene rings is 1. The summed E-state index contributed by atoms with van der Waals surface area (Å²) < 4.78 is 5.50. The first-order valence-electron chi connectivity index (χ1n) is 5.53.